The van der Waals surface area contributed by atoms with E-state index in [4.69, 9.17) is 61.6 Å². The lowest BCUT2D eigenvalue weighted by molar-refractivity contribution is -0.384. The predicted octanol–water partition coefficient (Wildman–Crippen LogP) is -16.5. The van der Waals surface area contributed by atoms with E-state index >= 15 is 0 Å². The van der Waals surface area contributed by atoms with E-state index < -0.39 is 303 Å². The van der Waals surface area contributed by atoms with Crippen LogP contribution >= 0.6 is 0 Å². The standard InChI is InChI=1S/C53H88N4O39/c1-13(64)54-25-17(68)5-53(52(82)83,95-43(25)29(70)18(69)6-58)96-45-33(74)22(10-62)89-51(39(45)80)91-40-23(11-63)90-47(26(35(40)76)55-14(2)65)84-12-24-34(75)41(27(46(81)85-24)56-15(3)66)92-50-38(79)44(32(73)21(9-61)88-50)94-48-28(57-16(4)67)42(31(72)20(8-60)86-48)93-49-37(78)36(77)30(71)19(7-59)87-49/h17-51,58-63,68-81H,5-12H2,1-4H3,(H,54,64)(H,55,65)(H,56,66)(H,57,67)(H,82,83)/t17-,18+,19+,20+,21+,22+,23+,24+,25+,26+,27+,28+,29+,30-,31+,32-,33-,34-,35+,36-,37+,38+,39+,40+,41+,42+,43+,44-,45-,46-,47+,48-,49-,50-,51-,53-/m0/s1. The van der Waals surface area contributed by atoms with Gasteiger partial charge >= 0.3 is 5.97 Å². The molecule has 43 nitrogen and oxygen atoms in total. The van der Waals surface area contributed by atoms with Crippen molar-refractivity contribution in [2.24, 2.45) is 0 Å². The smallest absolute Gasteiger partial charge is 0.364 e. The summed E-state index contributed by atoms with van der Waals surface area (Å²) in [5, 5.41) is 238. The van der Waals surface area contributed by atoms with E-state index in [2.05, 4.69) is 21.3 Å². The minimum atomic E-state index is -3.22. The van der Waals surface area contributed by atoms with Gasteiger partial charge in [0.05, 0.1) is 58.4 Å². The van der Waals surface area contributed by atoms with Crippen LogP contribution in [0.15, 0.2) is 0 Å². The molecule has 25 N–H and O–H groups in total. The monoisotopic (exact) mass is 1400 g/mol. The highest BCUT2D eigenvalue weighted by molar-refractivity contribution is 5.77. The van der Waals surface area contributed by atoms with E-state index in [1.54, 1.807) is 0 Å². The molecule has 7 saturated heterocycles. The Labute approximate surface area is 543 Å². The van der Waals surface area contributed by atoms with Crippen LogP contribution in [-0.4, -0.2) is 403 Å². The molecule has 7 aliphatic rings. The Kier molecular flexibility index (Phi) is 28.2. The molecule has 554 valence electrons. The lowest BCUT2D eigenvalue weighted by Crippen LogP contribution is -2.71. The number of carbonyl (C=O) groups excluding carboxylic acids is 4. The maximum absolute atomic E-state index is 13.1. The zero-order chi connectivity index (χ0) is 71.3. The fourth-order valence-corrected chi connectivity index (χ4v) is 12.2. The van der Waals surface area contributed by atoms with Gasteiger partial charge in [0.1, 0.15) is 165 Å². The number of rotatable bonds is 26. The molecule has 0 aliphatic carbocycles. The highest BCUT2D eigenvalue weighted by atomic mass is 16.8. The number of hydrogen-bond acceptors (Lipinski definition) is 38. The molecule has 0 spiro atoms. The third-order valence-corrected chi connectivity index (χ3v) is 17.1. The van der Waals surface area contributed by atoms with Crippen LogP contribution in [0.25, 0.3) is 0 Å². The van der Waals surface area contributed by atoms with Crippen molar-refractivity contribution in [1.82, 2.24) is 21.3 Å². The summed E-state index contributed by atoms with van der Waals surface area (Å²) in [5.74, 6) is -8.82. The molecular formula is C53H88N4O39. The summed E-state index contributed by atoms with van der Waals surface area (Å²) in [6, 6.07) is -7.12. The van der Waals surface area contributed by atoms with Crippen LogP contribution < -0.4 is 21.3 Å². The largest absolute Gasteiger partial charge is 0.477 e. The van der Waals surface area contributed by atoms with Gasteiger partial charge in [-0.1, -0.05) is 0 Å². The first kappa shape index (κ1) is 79.4. The summed E-state index contributed by atoms with van der Waals surface area (Å²) in [6.07, 6.45) is -64.5. The average molecular weight is 1410 g/mol. The molecule has 0 aromatic heterocycles. The first-order valence-electron chi connectivity index (χ1n) is 30.2. The molecule has 7 heterocycles. The summed E-state index contributed by atoms with van der Waals surface area (Å²) in [5.41, 5.74) is 0. The van der Waals surface area contributed by atoms with E-state index in [0.717, 1.165) is 27.7 Å². The van der Waals surface area contributed by atoms with E-state index in [1.165, 1.54) is 0 Å². The van der Waals surface area contributed by atoms with Gasteiger partial charge in [-0.15, -0.1) is 0 Å². The number of carboxylic acids is 1. The van der Waals surface area contributed by atoms with Gasteiger partial charge in [0, 0.05) is 34.1 Å². The Morgan fingerprint density at radius 3 is 1.34 bits per heavy atom. The van der Waals surface area contributed by atoms with Gasteiger partial charge in [0.15, 0.2) is 37.7 Å². The van der Waals surface area contributed by atoms with Crippen LogP contribution in [0, 0.1) is 0 Å². The average Bonchev–Trinajstić information content (AvgIpc) is 0.765. The molecule has 0 unspecified atom stereocenters. The third kappa shape index (κ3) is 17.5. The second-order valence-electron chi connectivity index (χ2n) is 24.0. The van der Waals surface area contributed by atoms with Crippen LogP contribution in [0.1, 0.15) is 34.1 Å². The molecule has 4 amide bonds. The van der Waals surface area contributed by atoms with Crippen LogP contribution in [0.4, 0.5) is 0 Å². The Balaban J connectivity index is 1.10. The van der Waals surface area contributed by atoms with Crippen molar-refractivity contribution in [1.29, 1.82) is 0 Å². The number of carbonyl (C=O) groups is 5. The molecule has 0 aromatic carbocycles. The zero-order valence-electron chi connectivity index (χ0n) is 51.6. The Bertz CT molecular complexity index is 2540. The topological polar surface area (TPSA) is 678 Å². The third-order valence-electron chi connectivity index (χ3n) is 17.1. The van der Waals surface area contributed by atoms with Gasteiger partial charge in [-0.05, 0) is 0 Å². The first-order chi connectivity index (χ1) is 45.2. The lowest BCUT2D eigenvalue weighted by atomic mass is 9.88. The van der Waals surface area contributed by atoms with Gasteiger partial charge in [-0.3, -0.25) is 19.2 Å². The van der Waals surface area contributed by atoms with Crippen molar-refractivity contribution in [3.63, 3.8) is 0 Å². The number of hydrogen-bond donors (Lipinski definition) is 25. The summed E-state index contributed by atoms with van der Waals surface area (Å²) in [7, 11) is 0. The van der Waals surface area contributed by atoms with Gasteiger partial charge in [-0.25, -0.2) is 4.79 Å². The highest BCUT2D eigenvalue weighted by Gasteiger charge is 2.62. The van der Waals surface area contributed by atoms with Crippen molar-refractivity contribution in [3.05, 3.63) is 0 Å². The molecule has 0 radical (unpaired) electrons. The van der Waals surface area contributed by atoms with Crippen molar-refractivity contribution < 1.29 is 193 Å². The molecule has 7 aliphatic heterocycles. The summed E-state index contributed by atoms with van der Waals surface area (Å²) < 4.78 is 75.1. The molecule has 36 atom stereocenters. The van der Waals surface area contributed by atoms with Gasteiger partial charge in [-0.2, -0.15) is 0 Å². The molecule has 0 saturated carbocycles. The van der Waals surface area contributed by atoms with E-state index in [1.807, 2.05) is 0 Å². The van der Waals surface area contributed by atoms with Gasteiger partial charge in [0.25, 0.3) is 5.79 Å². The maximum atomic E-state index is 13.1. The number of amides is 4. The number of aliphatic carboxylic acids is 1. The minimum Gasteiger partial charge on any atom is -0.477 e. The minimum absolute atomic E-state index is 0.839. The molecule has 7 fully saturated rings. The fourth-order valence-electron chi connectivity index (χ4n) is 12.2. The van der Waals surface area contributed by atoms with Crippen molar-refractivity contribution in [2.45, 2.75) is 254 Å². The Hall–Kier alpha value is -3.97. The summed E-state index contributed by atoms with van der Waals surface area (Å²) in [4.78, 5) is 63.3. The normalized spacial score (nSPS) is 46.0. The van der Waals surface area contributed by atoms with Crippen molar-refractivity contribution in [2.75, 3.05) is 46.2 Å². The SMILES string of the molecule is CC(=O)N[C@@H]1[C@@H](O[C@@H]2O[C@H](CO)[C@H](O)[C@H](O[C@@H]3O[C@H](CO)[C@@H](O)[C@H](O[C@@H]4O[C@H](CO)[C@H](O)[C@H](O)[C@H]4O)[C@H]3NC(C)=O)[C@H]2O)[C@@H](O)[C@@H](CO[C@@H]2O[C@H](CO)[C@@H](O[C@@H]3O[C@H](CO)[C@H](O)[C@H](O[C@]4(C(=O)O)C[C@H](O)[C@@H](NC(C)=O)[C@H]([C@H](O)[C@H](O)CO)O4)[C@H]3O)[C@H](O)[C@H]2NC(C)=O)O[C@@H]1O. The number of aliphatic hydroxyl groups excluding tert-OH is 20. The number of ether oxygens (including phenoxy) is 13. The van der Waals surface area contributed by atoms with Gasteiger partial charge < -0.3 is 190 Å². The first-order valence-corrected chi connectivity index (χ1v) is 30.2. The molecule has 7 rings (SSSR count). The predicted molar refractivity (Wildman–Crippen MR) is 295 cm³/mol. The van der Waals surface area contributed by atoms with Crippen molar-refractivity contribution in [3.8, 4) is 0 Å². The molecule has 0 aromatic rings. The van der Waals surface area contributed by atoms with Crippen LogP contribution in [0.2, 0.25) is 0 Å². The van der Waals surface area contributed by atoms with Crippen LogP contribution in [0.3, 0.4) is 0 Å². The van der Waals surface area contributed by atoms with E-state index in [9.17, 15) is 131 Å². The van der Waals surface area contributed by atoms with Crippen molar-refractivity contribution >= 4 is 29.6 Å². The molecule has 96 heavy (non-hydrogen) atoms. The summed E-state index contributed by atoms with van der Waals surface area (Å²) in [6.45, 7) is -3.55. The summed E-state index contributed by atoms with van der Waals surface area (Å²) >= 11 is 0. The second kappa shape index (κ2) is 34.1. The Morgan fingerprint density at radius 2 is 0.833 bits per heavy atom. The number of nitrogens with one attached hydrogen (secondary N) is 4. The van der Waals surface area contributed by atoms with Crippen LogP contribution in [0.5, 0.6) is 0 Å². The van der Waals surface area contributed by atoms with E-state index in [-0.39, 0.29) is 0 Å². The van der Waals surface area contributed by atoms with E-state index in [0.29, 0.717) is 0 Å². The molecule has 43 heteroatoms. The Morgan fingerprint density at radius 1 is 0.427 bits per heavy atom. The lowest BCUT2D eigenvalue weighted by Gasteiger charge is -2.51. The van der Waals surface area contributed by atoms with Crippen LogP contribution in [-0.2, 0) is 85.6 Å². The molecule has 0 bridgehead atoms. The zero-order valence-corrected chi connectivity index (χ0v) is 51.6. The highest BCUT2D eigenvalue weighted by Crippen LogP contribution is 2.40. The maximum Gasteiger partial charge on any atom is 0.364 e. The molecular weight excluding hydrogens is 1320 g/mol. The second-order valence-corrected chi connectivity index (χ2v) is 24.0. The fraction of sp³-hybridized carbons (Fsp3) is 0.906. The van der Waals surface area contributed by atoms with Gasteiger partial charge in [0.2, 0.25) is 23.6 Å². The quantitative estimate of drug-likeness (QED) is 0.0382. The number of carboxylic acid groups (broad SMARTS) is 1. The number of aliphatic hydroxyl groups is 20.